The van der Waals surface area contributed by atoms with E-state index in [9.17, 15) is 14.0 Å². The maximum absolute atomic E-state index is 12.9. The zero-order valence-electron chi connectivity index (χ0n) is 11.1. The Labute approximate surface area is 127 Å². The molecule has 0 aliphatic carbocycles. The van der Waals surface area contributed by atoms with E-state index in [-0.39, 0.29) is 23.5 Å². The molecule has 0 aliphatic heterocycles. The Balaban J connectivity index is 2.16. The van der Waals surface area contributed by atoms with Crippen molar-refractivity contribution in [1.82, 2.24) is 9.55 Å². The monoisotopic (exact) mass is 354 g/mol. The van der Waals surface area contributed by atoms with Crippen LogP contribution in [0.1, 0.15) is 5.69 Å². The standard InChI is InChI=1S/C13H12BrFN4O2/c1-7-12(14)13(21)19(6-17-7)5-11(20)18-10-3-2-8(15)4-9(10)16/h2-4,6H,5,16H2,1H3,(H,18,20). The predicted octanol–water partition coefficient (Wildman–Crippen LogP) is 1.67. The quantitative estimate of drug-likeness (QED) is 0.820. The molecule has 0 saturated heterocycles. The van der Waals surface area contributed by atoms with E-state index in [1.54, 1.807) is 6.92 Å². The largest absolute Gasteiger partial charge is 0.397 e. The third-order valence-corrected chi connectivity index (χ3v) is 3.67. The number of hydrogen-bond donors (Lipinski definition) is 2. The molecule has 2 rings (SSSR count). The summed E-state index contributed by atoms with van der Waals surface area (Å²) < 4.78 is 14.4. The number of halogens is 2. The van der Waals surface area contributed by atoms with Crippen molar-refractivity contribution in [2.24, 2.45) is 0 Å². The average Bonchev–Trinajstić information content (AvgIpc) is 2.43. The fourth-order valence-corrected chi connectivity index (χ4v) is 1.98. The normalized spacial score (nSPS) is 10.4. The van der Waals surface area contributed by atoms with Crippen molar-refractivity contribution in [1.29, 1.82) is 0 Å². The molecule has 0 unspecified atom stereocenters. The molecule has 2 aromatic rings. The first-order valence-corrected chi connectivity index (χ1v) is 6.74. The molecule has 8 heteroatoms. The maximum Gasteiger partial charge on any atom is 0.268 e. The molecule has 0 bridgehead atoms. The summed E-state index contributed by atoms with van der Waals surface area (Å²) in [6, 6.07) is 3.64. The Morgan fingerprint density at radius 2 is 2.24 bits per heavy atom. The van der Waals surface area contributed by atoms with Crippen LogP contribution in [-0.2, 0) is 11.3 Å². The fraction of sp³-hybridized carbons (Fsp3) is 0.154. The highest BCUT2D eigenvalue weighted by molar-refractivity contribution is 9.10. The number of nitrogens with two attached hydrogens (primary N) is 1. The molecular formula is C13H12BrFN4O2. The van der Waals surface area contributed by atoms with Crippen LogP contribution < -0.4 is 16.6 Å². The van der Waals surface area contributed by atoms with E-state index in [0.717, 1.165) is 10.6 Å². The van der Waals surface area contributed by atoms with Gasteiger partial charge in [-0.15, -0.1) is 0 Å². The van der Waals surface area contributed by atoms with Gasteiger partial charge in [0.2, 0.25) is 5.91 Å². The molecule has 1 heterocycles. The van der Waals surface area contributed by atoms with Gasteiger partial charge in [0.05, 0.1) is 23.4 Å². The van der Waals surface area contributed by atoms with Crippen LogP contribution in [-0.4, -0.2) is 15.5 Å². The second-order valence-corrected chi connectivity index (χ2v) is 5.15. The number of carbonyl (C=O) groups is 1. The van der Waals surface area contributed by atoms with E-state index in [1.807, 2.05) is 0 Å². The van der Waals surface area contributed by atoms with Gasteiger partial charge in [0.25, 0.3) is 5.56 Å². The molecule has 21 heavy (non-hydrogen) atoms. The lowest BCUT2D eigenvalue weighted by Gasteiger charge is -2.10. The van der Waals surface area contributed by atoms with Gasteiger partial charge in [-0.25, -0.2) is 9.37 Å². The first kappa shape index (κ1) is 15.2. The number of carbonyl (C=O) groups excluding carboxylic acids is 1. The summed E-state index contributed by atoms with van der Waals surface area (Å²) in [4.78, 5) is 27.8. The predicted molar refractivity (Wildman–Crippen MR) is 80.4 cm³/mol. The van der Waals surface area contributed by atoms with Gasteiger partial charge in [0.1, 0.15) is 16.8 Å². The Hall–Kier alpha value is -2.22. The van der Waals surface area contributed by atoms with Crippen LogP contribution in [0.3, 0.4) is 0 Å². The lowest BCUT2D eigenvalue weighted by molar-refractivity contribution is -0.116. The van der Waals surface area contributed by atoms with Gasteiger partial charge in [-0.2, -0.15) is 0 Å². The van der Waals surface area contributed by atoms with Gasteiger partial charge >= 0.3 is 0 Å². The highest BCUT2D eigenvalue weighted by atomic mass is 79.9. The summed E-state index contributed by atoms with van der Waals surface area (Å²) in [5.41, 5.74) is 6.17. The summed E-state index contributed by atoms with van der Waals surface area (Å²) >= 11 is 3.12. The van der Waals surface area contributed by atoms with Gasteiger partial charge in [0, 0.05) is 0 Å². The van der Waals surface area contributed by atoms with Gasteiger partial charge in [-0.1, -0.05) is 0 Å². The number of nitrogens with zero attached hydrogens (tertiary/aromatic N) is 2. The number of benzene rings is 1. The molecule has 110 valence electrons. The molecule has 3 N–H and O–H groups in total. The van der Waals surface area contributed by atoms with Crippen LogP contribution in [0.5, 0.6) is 0 Å². The van der Waals surface area contributed by atoms with Gasteiger partial charge in [0.15, 0.2) is 0 Å². The second kappa shape index (κ2) is 6.04. The molecule has 0 saturated carbocycles. The van der Waals surface area contributed by atoms with Crippen molar-refractivity contribution in [3.05, 3.63) is 50.9 Å². The maximum atomic E-state index is 12.9. The van der Waals surface area contributed by atoms with Crippen LogP contribution in [0.25, 0.3) is 0 Å². The molecule has 0 spiro atoms. The van der Waals surface area contributed by atoms with Crippen molar-refractivity contribution >= 4 is 33.2 Å². The van der Waals surface area contributed by atoms with E-state index in [0.29, 0.717) is 10.2 Å². The Bertz CT molecular complexity index is 760. The lowest BCUT2D eigenvalue weighted by Crippen LogP contribution is -2.29. The summed E-state index contributed by atoms with van der Waals surface area (Å²) in [7, 11) is 0. The zero-order chi connectivity index (χ0) is 15.6. The molecule has 0 atom stereocenters. The third kappa shape index (κ3) is 3.46. The lowest BCUT2D eigenvalue weighted by atomic mass is 10.2. The number of nitrogens with one attached hydrogen (secondary N) is 1. The molecular weight excluding hydrogens is 343 g/mol. The van der Waals surface area contributed by atoms with E-state index in [2.05, 4.69) is 26.2 Å². The summed E-state index contributed by atoms with van der Waals surface area (Å²) in [5, 5.41) is 2.51. The van der Waals surface area contributed by atoms with E-state index in [4.69, 9.17) is 5.73 Å². The van der Waals surface area contributed by atoms with E-state index >= 15 is 0 Å². The van der Waals surface area contributed by atoms with Gasteiger partial charge in [-0.05, 0) is 41.1 Å². The molecule has 0 radical (unpaired) electrons. The number of aromatic nitrogens is 2. The zero-order valence-corrected chi connectivity index (χ0v) is 12.6. The van der Waals surface area contributed by atoms with Crippen molar-refractivity contribution in [3.8, 4) is 0 Å². The van der Waals surface area contributed by atoms with Crippen molar-refractivity contribution < 1.29 is 9.18 Å². The number of amides is 1. The summed E-state index contributed by atoms with van der Waals surface area (Å²) in [6.07, 6.45) is 1.29. The fourth-order valence-electron chi connectivity index (χ4n) is 1.65. The molecule has 0 fully saturated rings. The van der Waals surface area contributed by atoms with Crippen molar-refractivity contribution in [2.45, 2.75) is 13.5 Å². The number of aryl methyl sites for hydroxylation is 1. The minimum absolute atomic E-state index is 0.110. The SMILES string of the molecule is Cc1ncn(CC(=O)Nc2ccc(F)cc2N)c(=O)c1Br. The van der Waals surface area contributed by atoms with Crippen LogP contribution in [0.15, 0.2) is 33.8 Å². The minimum atomic E-state index is -0.492. The molecule has 1 aromatic carbocycles. The van der Waals surface area contributed by atoms with E-state index in [1.165, 1.54) is 18.5 Å². The van der Waals surface area contributed by atoms with Crippen LogP contribution in [0, 0.1) is 12.7 Å². The molecule has 0 aliphatic rings. The first-order valence-electron chi connectivity index (χ1n) is 5.95. The van der Waals surface area contributed by atoms with Crippen molar-refractivity contribution in [2.75, 3.05) is 11.1 Å². The van der Waals surface area contributed by atoms with Crippen LogP contribution in [0.4, 0.5) is 15.8 Å². The second-order valence-electron chi connectivity index (χ2n) is 4.36. The number of anilines is 2. The third-order valence-electron chi connectivity index (χ3n) is 2.76. The van der Waals surface area contributed by atoms with Crippen LogP contribution in [0.2, 0.25) is 0 Å². The number of hydrogen-bond acceptors (Lipinski definition) is 4. The van der Waals surface area contributed by atoms with Crippen molar-refractivity contribution in [3.63, 3.8) is 0 Å². The van der Waals surface area contributed by atoms with E-state index < -0.39 is 11.7 Å². The highest BCUT2D eigenvalue weighted by Gasteiger charge is 2.10. The Morgan fingerprint density at radius 3 is 2.90 bits per heavy atom. The molecule has 1 aromatic heterocycles. The number of rotatable bonds is 3. The Kier molecular flexibility index (Phi) is 4.37. The highest BCUT2D eigenvalue weighted by Crippen LogP contribution is 2.18. The summed E-state index contributed by atoms with van der Waals surface area (Å²) in [6.45, 7) is 1.45. The van der Waals surface area contributed by atoms with Crippen LogP contribution >= 0.6 is 15.9 Å². The number of nitrogen functional groups attached to an aromatic ring is 1. The van der Waals surface area contributed by atoms with Gasteiger partial charge in [-0.3, -0.25) is 14.2 Å². The van der Waals surface area contributed by atoms with Gasteiger partial charge < -0.3 is 11.1 Å². The topological polar surface area (TPSA) is 90.0 Å². The first-order chi connectivity index (χ1) is 9.88. The molecule has 6 nitrogen and oxygen atoms in total. The smallest absolute Gasteiger partial charge is 0.268 e. The summed E-state index contributed by atoms with van der Waals surface area (Å²) in [5.74, 6) is -0.957. The minimum Gasteiger partial charge on any atom is -0.397 e. The average molecular weight is 355 g/mol. The molecule has 1 amide bonds. The Morgan fingerprint density at radius 1 is 1.52 bits per heavy atom.